The summed E-state index contributed by atoms with van der Waals surface area (Å²) in [6, 6.07) is 0.592. The van der Waals surface area contributed by atoms with Gasteiger partial charge in [0, 0.05) is 32.8 Å². The van der Waals surface area contributed by atoms with Crippen molar-refractivity contribution >= 4 is 0 Å². The molecule has 0 heterocycles. The molecular formula is C13H30N2O. The van der Waals surface area contributed by atoms with Crippen molar-refractivity contribution in [1.29, 1.82) is 0 Å². The molecule has 16 heavy (non-hydrogen) atoms. The van der Waals surface area contributed by atoms with Crippen molar-refractivity contribution in [3.05, 3.63) is 0 Å². The van der Waals surface area contributed by atoms with E-state index in [1.807, 2.05) is 0 Å². The highest BCUT2D eigenvalue weighted by Gasteiger charge is 2.12. The summed E-state index contributed by atoms with van der Waals surface area (Å²) in [6.07, 6.45) is 1.23. The fourth-order valence-electron chi connectivity index (χ4n) is 1.94. The number of likely N-dealkylation sites (N-methyl/N-ethyl adjacent to an activating group) is 1. The first-order valence-corrected chi connectivity index (χ1v) is 6.32. The zero-order chi connectivity index (χ0) is 12.6. The molecule has 0 amide bonds. The minimum absolute atomic E-state index is 0.585. The van der Waals surface area contributed by atoms with E-state index in [-0.39, 0.29) is 0 Å². The Bertz CT molecular complexity index is 150. The Labute approximate surface area is 102 Å². The maximum atomic E-state index is 5.15. The summed E-state index contributed by atoms with van der Waals surface area (Å²) in [7, 11) is 6.03. The molecule has 98 valence electrons. The van der Waals surface area contributed by atoms with Crippen LogP contribution in [0.3, 0.4) is 0 Å². The monoisotopic (exact) mass is 230 g/mol. The van der Waals surface area contributed by atoms with E-state index < -0.39 is 0 Å². The Balaban J connectivity index is 3.90. The van der Waals surface area contributed by atoms with E-state index in [4.69, 9.17) is 4.74 Å². The molecule has 0 saturated carbocycles. The standard InChI is InChI=1S/C13H30N2O/c1-11(2)7-13(9-15(4)5)14-8-12(3)10-16-6/h11-14H,7-10H2,1-6H3. The molecule has 3 heteroatoms. The van der Waals surface area contributed by atoms with Gasteiger partial charge in [-0.15, -0.1) is 0 Å². The fourth-order valence-corrected chi connectivity index (χ4v) is 1.94. The van der Waals surface area contributed by atoms with Gasteiger partial charge < -0.3 is 15.0 Å². The van der Waals surface area contributed by atoms with Gasteiger partial charge in [0.15, 0.2) is 0 Å². The minimum atomic E-state index is 0.585. The van der Waals surface area contributed by atoms with Gasteiger partial charge >= 0.3 is 0 Å². The smallest absolute Gasteiger partial charge is 0.0499 e. The zero-order valence-corrected chi connectivity index (χ0v) is 11.9. The highest BCUT2D eigenvalue weighted by Crippen LogP contribution is 2.06. The van der Waals surface area contributed by atoms with Crippen LogP contribution >= 0.6 is 0 Å². The molecule has 0 aliphatic carbocycles. The second kappa shape index (κ2) is 8.97. The van der Waals surface area contributed by atoms with Crippen LogP contribution in [0.1, 0.15) is 27.2 Å². The van der Waals surface area contributed by atoms with E-state index in [0.29, 0.717) is 12.0 Å². The van der Waals surface area contributed by atoms with Gasteiger partial charge in [-0.1, -0.05) is 20.8 Å². The predicted octanol–water partition coefficient (Wildman–Crippen LogP) is 1.83. The lowest BCUT2D eigenvalue weighted by molar-refractivity contribution is 0.154. The number of hydrogen-bond donors (Lipinski definition) is 1. The maximum absolute atomic E-state index is 5.15. The molecule has 2 unspecified atom stereocenters. The Kier molecular flexibility index (Phi) is 8.90. The quantitative estimate of drug-likeness (QED) is 0.654. The second-order valence-electron chi connectivity index (χ2n) is 5.56. The van der Waals surface area contributed by atoms with Gasteiger partial charge in [-0.25, -0.2) is 0 Å². The van der Waals surface area contributed by atoms with Gasteiger partial charge in [0.05, 0.1) is 0 Å². The van der Waals surface area contributed by atoms with Crippen LogP contribution in [0.2, 0.25) is 0 Å². The van der Waals surface area contributed by atoms with Crippen LogP contribution in [0, 0.1) is 11.8 Å². The molecule has 3 nitrogen and oxygen atoms in total. The summed E-state index contributed by atoms with van der Waals surface area (Å²) in [5.41, 5.74) is 0. The zero-order valence-electron chi connectivity index (χ0n) is 11.9. The van der Waals surface area contributed by atoms with Crippen molar-refractivity contribution in [2.45, 2.75) is 33.2 Å². The van der Waals surface area contributed by atoms with Crippen molar-refractivity contribution in [1.82, 2.24) is 10.2 Å². The molecule has 0 aromatic heterocycles. The lowest BCUT2D eigenvalue weighted by atomic mass is 10.0. The van der Waals surface area contributed by atoms with Crippen LogP contribution in [0.15, 0.2) is 0 Å². The first-order valence-electron chi connectivity index (χ1n) is 6.32. The topological polar surface area (TPSA) is 24.5 Å². The number of ether oxygens (including phenoxy) is 1. The van der Waals surface area contributed by atoms with Crippen molar-refractivity contribution in [3.63, 3.8) is 0 Å². The summed E-state index contributed by atoms with van der Waals surface area (Å²) in [4.78, 5) is 2.25. The number of nitrogens with one attached hydrogen (secondary N) is 1. The molecular weight excluding hydrogens is 200 g/mol. The summed E-state index contributed by atoms with van der Waals surface area (Å²) in [5.74, 6) is 1.33. The molecule has 0 aromatic rings. The minimum Gasteiger partial charge on any atom is -0.384 e. The van der Waals surface area contributed by atoms with Crippen molar-refractivity contribution in [2.24, 2.45) is 11.8 Å². The summed E-state index contributed by atoms with van der Waals surface area (Å²) in [5, 5.41) is 3.65. The average molecular weight is 230 g/mol. The van der Waals surface area contributed by atoms with Crippen LogP contribution in [-0.4, -0.2) is 51.8 Å². The van der Waals surface area contributed by atoms with Crippen LogP contribution in [0.25, 0.3) is 0 Å². The van der Waals surface area contributed by atoms with E-state index in [1.165, 1.54) is 6.42 Å². The Hall–Kier alpha value is -0.120. The van der Waals surface area contributed by atoms with Crippen molar-refractivity contribution in [2.75, 3.05) is 40.9 Å². The van der Waals surface area contributed by atoms with Crippen molar-refractivity contribution < 1.29 is 4.74 Å². The average Bonchev–Trinajstić information content (AvgIpc) is 2.13. The van der Waals surface area contributed by atoms with E-state index in [9.17, 15) is 0 Å². The van der Waals surface area contributed by atoms with E-state index in [0.717, 1.165) is 25.6 Å². The Morgan fingerprint density at radius 3 is 2.25 bits per heavy atom. The summed E-state index contributed by atoms with van der Waals surface area (Å²) in [6.45, 7) is 9.77. The number of rotatable bonds is 9. The van der Waals surface area contributed by atoms with Gasteiger partial charge in [0.25, 0.3) is 0 Å². The number of hydrogen-bond acceptors (Lipinski definition) is 3. The highest BCUT2D eigenvalue weighted by molar-refractivity contribution is 4.72. The highest BCUT2D eigenvalue weighted by atomic mass is 16.5. The van der Waals surface area contributed by atoms with Gasteiger partial charge in [-0.2, -0.15) is 0 Å². The number of nitrogens with zero attached hydrogens (tertiary/aromatic N) is 1. The molecule has 0 radical (unpaired) electrons. The number of methoxy groups -OCH3 is 1. The van der Waals surface area contributed by atoms with E-state index in [1.54, 1.807) is 7.11 Å². The molecule has 0 fully saturated rings. The lowest BCUT2D eigenvalue weighted by Gasteiger charge is -2.25. The fraction of sp³-hybridized carbons (Fsp3) is 1.00. The molecule has 0 spiro atoms. The lowest BCUT2D eigenvalue weighted by Crippen LogP contribution is -2.41. The molecule has 0 aromatic carbocycles. The first-order chi connectivity index (χ1) is 7.45. The van der Waals surface area contributed by atoms with E-state index in [2.05, 4.69) is 45.1 Å². The third-order valence-electron chi connectivity index (χ3n) is 2.55. The van der Waals surface area contributed by atoms with Gasteiger partial charge in [-0.05, 0) is 32.4 Å². The molecule has 0 bridgehead atoms. The second-order valence-corrected chi connectivity index (χ2v) is 5.56. The van der Waals surface area contributed by atoms with Gasteiger partial charge in [0.2, 0.25) is 0 Å². The summed E-state index contributed by atoms with van der Waals surface area (Å²) < 4.78 is 5.15. The van der Waals surface area contributed by atoms with Crippen LogP contribution in [0.5, 0.6) is 0 Å². The molecule has 0 saturated heterocycles. The molecule has 0 rings (SSSR count). The molecule has 1 N–H and O–H groups in total. The largest absolute Gasteiger partial charge is 0.384 e. The van der Waals surface area contributed by atoms with Gasteiger partial charge in [-0.3, -0.25) is 0 Å². The van der Waals surface area contributed by atoms with E-state index >= 15 is 0 Å². The van der Waals surface area contributed by atoms with Crippen LogP contribution < -0.4 is 5.32 Å². The third kappa shape index (κ3) is 9.13. The van der Waals surface area contributed by atoms with Crippen molar-refractivity contribution in [3.8, 4) is 0 Å². The van der Waals surface area contributed by atoms with Gasteiger partial charge in [0.1, 0.15) is 0 Å². The Morgan fingerprint density at radius 2 is 1.81 bits per heavy atom. The molecule has 0 aliphatic heterocycles. The molecule has 2 atom stereocenters. The van der Waals surface area contributed by atoms with Crippen LogP contribution in [0.4, 0.5) is 0 Å². The predicted molar refractivity (Wildman–Crippen MR) is 70.8 cm³/mol. The molecule has 0 aliphatic rings. The van der Waals surface area contributed by atoms with Crippen LogP contribution in [-0.2, 0) is 4.74 Å². The maximum Gasteiger partial charge on any atom is 0.0499 e. The Morgan fingerprint density at radius 1 is 1.19 bits per heavy atom. The first kappa shape index (κ1) is 15.9. The summed E-state index contributed by atoms with van der Waals surface area (Å²) >= 11 is 0. The normalized spacial score (nSPS) is 15.8. The SMILES string of the molecule is COCC(C)CNC(CC(C)C)CN(C)C. The third-order valence-corrected chi connectivity index (χ3v) is 2.55.